The van der Waals surface area contributed by atoms with Gasteiger partial charge in [-0.2, -0.15) is 13.2 Å². The number of carboxylic acids is 1. The molecular weight excluding hydrogens is 265 g/mol. The van der Waals surface area contributed by atoms with Crippen molar-refractivity contribution < 1.29 is 23.1 Å². The first-order valence-corrected chi connectivity index (χ1v) is 7.28. The van der Waals surface area contributed by atoms with Crippen LogP contribution in [0.4, 0.5) is 13.2 Å². The zero-order valence-electron chi connectivity index (χ0n) is 10.3. The second-order valence-electron chi connectivity index (χ2n) is 4.90. The molecule has 0 amide bonds. The van der Waals surface area contributed by atoms with Crippen LogP contribution in [0.15, 0.2) is 0 Å². The van der Waals surface area contributed by atoms with E-state index in [4.69, 9.17) is 0 Å². The maximum atomic E-state index is 12.1. The van der Waals surface area contributed by atoms with Gasteiger partial charge in [0.05, 0.1) is 5.41 Å². The van der Waals surface area contributed by atoms with Gasteiger partial charge < -0.3 is 5.11 Å². The number of halogens is 3. The van der Waals surface area contributed by atoms with Crippen LogP contribution in [-0.4, -0.2) is 22.3 Å². The molecule has 0 spiro atoms. The molecule has 0 radical (unpaired) electrons. The normalized spacial score (nSPS) is 21.1. The highest BCUT2D eigenvalue weighted by Crippen LogP contribution is 2.40. The Kier molecular flexibility index (Phi) is 5.82. The van der Waals surface area contributed by atoms with E-state index in [9.17, 15) is 23.1 Å². The summed E-state index contributed by atoms with van der Waals surface area (Å²) in [5.74, 6) is -1.08. The first-order chi connectivity index (χ1) is 8.36. The van der Waals surface area contributed by atoms with Crippen LogP contribution < -0.4 is 0 Å². The maximum Gasteiger partial charge on any atom is 0.441 e. The topological polar surface area (TPSA) is 37.3 Å². The molecule has 0 bridgehead atoms. The number of hydrogen-bond donors (Lipinski definition) is 1. The maximum absolute atomic E-state index is 12.1. The van der Waals surface area contributed by atoms with Crippen LogP contribution in [0.3, 0.4) is 0 Å². The summed E-state index contributed by atoms with van der Waals surface area (Å²) < 4.78 is 36.3. The Morgan fingerprint density at radius 2 is 1.61 bits per heavy atom. The molecule has 1 saturated carbocycles. The summed E-state index contributed by atoms with van der Waals surface area (Å²) in [6.07, 6.45) is 5.84. The zero-order chi connectivity index (χ0) is 13.6. The fraction of sp³-hybridized carbons (Fsp3) is 0.917. The van der Waals surface area contributed by atoms with E-state index in [1.165, 1.54) is 0 Å². The highest BCUT2D eigenvalue weighted by Gasteiger charge is 2.39. The summed E-state index contributed by atoms with van der Waals surface area (Å²) in [7, 11) is 0. The molecule has 1 fully saturated rings. The average molecular weight is 284 g/mol. The van der Waals surface area contributed by atoms with Crippen molar-refractivity contribution in [3.63, 3.8) is 0 Å². The molecule has 1 aliphatic rings. The molecule has 0 saturated heterocycles. The van der Waals surface area contributed by atoms with Crippen molar-refractivity contribution in [3.8, 4) is 0 Å². The van der Waals surface area contributed by atoms with Crippen LogP contribution in [0, 0.1) is 5.41 Å². The van der Waals surface area contributed by atoms with E-state index in [0.29, 0.717) is 12.8 Å². The highest BCUT2D eigenvalue weighted by molar-refractivity contribution is 8.00. The van der Waals surface area contributed by atoms with E-state index >= 15 is 0 Å². The van der Waals surface area contributed by atoms with Gasteiger partial charge in [0.25, 0.3) is 0 Å². The molecule has 0 aromatic carbocycles. The third kappa shape index (κ3) is 5.08. The van der Waals surface area contributed by atoms with Crippen molar-refractivity contribution in [2.24, 2.45) is 5.41 Å². The molecule has 1 N–H and O–H groups in total. The van der Waals surface area contributed by atoms with Crippen molar-refractivity contribution >= 4 is 17.7 Å². The van der Waals surface area contributed by atoms with Crippen LogP contribution in [-0.2, 0) is 4.79 Å². The largest absolute Gasteiger partial charge is 0.481 e. The smallest absolute Gasteiger partial charge is 0.441 e. The molecule has 0 atom stereocenters. The monoisotopic (exact) mass is 284 g/mol. The molecule has 1 aliphatic carbocycles. The van der Waals surface area contributed by atoms with Gasteiger partial charge in [-0.15, -0.1) is 0 Å². The highest BCUT2D eigenvalue weighted by atomic mass is 32.2. The van der Waals surface area contributed by atoms with Crippen LogP contribution in [0.2, 0.25) is 0 Å². The Hall–Kier alpha value is -0.390. The number of hydrogen-bond acceptors (Lipinski definition) is 2. The average Bonchev–Trinajstić information content (AvgIpc) is 2.19. The summed E-state index contributed by atoms with van der Waals surface area (Å²) in [5, 5.41) is 9.34. The number of carbonyl (C=O) groups is 1. The second-order valence-corrected chi connectivity index (χ2v) is 6.06. The van der Waals surface area contributed by atoms with E-state index in [0.717, 1.165) is 32.1 Å². The van der Waals surface area contributed by atoms with Crippen molar-refractivity contribution in [1.82, 2.24) is 0 Å². The summed E-state index contributed by atoms with van der Waals surface area (Å²) in [6, 6.07) is 0. The fourth-order valence-corrected chi connectivity index (χ4v) is 3.24. The molecule has 0 aromatic rings. The van der Waals surface area contributed by atoms with Gasteiger partial charge in [0.15, 0.2) is 0 Å². The lowest BCUT2D eigenvalue weighted by Gasteiger charge is -2.31. The summed E-state index contributed by atoms with van der Waals surface area (Å²) >= 11 is -0.108. The lowest BCUT2D eigenvalue weighted by atomic mass is 9.74. The van der Waals surface area contributed by atoms with Crippen LogP contribution in [0.25, 0.3) is 0 Å². The number of thioether (sulfide) groups is 1. The van der Waals surface area contributed by atoms with Gasteiger partial charge in [-0.1, -0.05) is 43.9 Å². The van der Waals surface area contributed by atoms with Crippen molar-refractivity contribution in [1.29, 1.82) is 0 Å². The van der Waals surface area contributed by atoms with E-state index in [1.54, 1.807) is 0 Å². The molecule has 6 heteroatoms. The number of rotatable bonds is 4. The first-order valence-electron chi connectivity index (χ1n) is 6.30. The van der Waals surface area contributed by atoms with E-state index in [2.05, 4.69) is 0 Å². The van der Waals surface area contributed by atoms with E-state index in [1.807, 2.05) is 0 Å². The van der Waals surface area contributed by atoms with Gasteiger partial charge in [-0.05, 0) is 19.3 Å². The predicted molar refractivity (Wildman–Crippen MR) is 65.5 cm³/mol. The van der Waals surface area contributed by atoms with Gasteiger partial charge in [0.2, 0.25) is 0 Å². The first kappa shape index (κ1) is 15.7. The minimum atomic E-state index is -4.26. The van der Waals surface area contributed by atoms with Gasteiger partial charge in [-0.25, -0.2) is 0 Å². The van der Waals surface area contributed by atoms with Crippen LogP contribution in [0.1, 0.15) is 51.4 Å². The summed E-state index contributed by atoms with van der Waals surface area (Å²) in [4.78, 5) is 11.4. The minimum Gasteiger partial charge on any atom is -0.481 e. The van der Waals surface area contributed by atoms with Gasteiger partial charge >= 0.3 is 11.5 Å². The number of aliphatic carboxylic acids is 1. The summed E-state index contributed by atoms with van der Waals surface area (Å²) in [5.41, 5.74) is -5.19. The Labute approximate surface area is 109 Å². The number of alkyl halides is 3. The van der Waals surface area contributed by atoms with E-state index < -0.39 is 16.9 Å². The molecule has 0 unspecified atom stereocenters. The molecule has 0 aromatic heterocycles. The SMILES string of the molecule is O=C(O)C1(CCSC(F)(F)F)CCCCCCC1. The number of carboxylic acid groups (broad SMARTS) is 1. The Balaban J connectivity index is 2.58. The Morgan fingerprint density at radius 1 is 1.11 bits per heavy atom. The molecule has 2 nitrogen and oxygen atoms in total. The third-order valence-corrected chi connectivity index (χ3v) is 4.35. The third-order valence-electron chi connectivity index (χ3n) is 3.61. The molecular formula is C12H19F3O2S. The Bertz CT molecular complexity index is 271. The van der Waals surface area contributed by atoms with Gasteiger partial charge in [0.1, 0.15) is 0 Å². The molecule has 0 aliphatic heterocycles. The molecule has 1 rings (SSSR count). The summed E-state index contributed by atoms with van der Waals surface area (Å²) in [6.45, 7) is 0. The van der Waals surface area contributed by atoms with Crippen molar-refractivity contribution in [2.75, 3.05) is 5.75 Å². The molecule has 0 heterocycles. The zero-order valence-corrected chi connectivity index (χ0v) is 11.1. The standard InChI is InChI=1S/C12H19F3O2S/c13-12(14,15)18-9-8-11(10(16)17)6-4-2-1-3-5-7-11/h1-9H2,(H,16,17). The second kappa shape index (κ2) is 6.68. The van der Waals surface area contributed by atoms with Gasteiger partial charge in [0, 0.05) is 5.75 Å². The van der Waals surface area contributed by atoms with Gasteiger partial charge in [-0.3, -0.25) is 4.79 Å². The van der Waals surface area contributed by atoms with Crippen LogP contribution in [0.5, 0.6) is 0 Å². The predicted octanol–water partition coefficient (Wildman–Crippen LogP) is 4.44. The quantitative estimate of drug-likeness (QED) is 0.829. The fourth-order valence-electron chi connectivity index (χ4n) is 2.52. The molecule has 18 heavy (non-hydrogen) atoms. The minimum absolute atomic E-state index is 0.108. The van der Waals surface area contributed by atoms with Crippen LogP contribution >= 0.6 is 11.8 Å². The Morgan fingerprint density at radius 3 is 2.06 bits per heavy atom. The lowest BCUT2D eigenvalue weighted by molar-refractivity contribution is -0.150. The van der Waals surface area contributed by atoms with E-state index in [-0.39, 0.29) is 23.9 Å². The lowest BCUT2D eigenvalue weighted by Crippen LogP contribution is -2.32. The molecule has 106 valence electrons. The van der Waals surface area contributed by atoms with Crippen molar-refractivity contribution in [3.05, 3.63) is 0 Å². The van der Waals surface area contributed by atoms with Crippen molar-refractivity contribution in [2.45, 2.75) is 56.9 Å².